The number of nitrogens with one attached hydrogen (secondary N) is 2. The van der Waals surface area contributed by atoms with Crippen LogP contribution >= 0.6 is 0 Å². The molecule has 1 heterocycles. The first kappa shape index (κ1) is 19.9. The van der Waals surface area contributed by atoms with Crippen molar-refractivity contribution in [2.24, 2.45) is 0 Å². The van der Waals surface area contributed by atoms with Crippen molar-refractivity contribution in [1.29, 1.82) is 0 Å². The van der Waals surface area contributed by atoms with Crippen molar-refractivity contribution in [3.05, 3.63) is 0 Å². The SMILES string of the molecule is CC(=O)N[C@@H]([NH+]1CCCCC1)C(F)(F)C(F)(F)C(F)(F)C(F)F. The topological polar surface area (TPSA) is 33.5 Å². The van der Waals surface area contributed by atoms with Gasteiger partial charge in [-0.15, -0.1) is 0 Å². The third-order valence-corrected chi connectivity index (χ3v) is 3.73. The molecule has 1 rings (SSSR count). The molecule has 3 nitrogen and oxygen atoms in total. The van der Waals surface area contributed by atoms with Crippen LogP contribution in [0, 0.1) is 0 Å². The highest BCUT2D eigenvalue weighted by Gasteiger charge is 2.79. The molecule has 1 aliphatic rings. The molecule has 0 spiro atoms. The van der Waals surface area contributed by atoms with Crippen molar-refractivity contribution in [3.63, 3.8) is 0 Å². The van der Waals surface area contributed by atoms with Crippen molar-refractivity contribution < 1.29 is 44.8 Å². The van der Waals surface area contributed by atoms with Gasteiger partial charge in [0, 0.05) is 6.92 Å². The maximum Gasteiger partial charge on any atom is 0.386 e. The Bertz CT molecular complexity index is 423. The summed E-state index contributed by atoms with van der Waals surface area (Å²) in [5, 5.41) is 1.52. The number of hydrogen-bond acceptors (Lipinski definition) is 1. The zero-order valence-corrected chi connectivity index (χ0v) is 12.1. The van der Waals surface area contributed by atoms with Crippen LogP contribution in [0.3, 0.4) is 0 Å². The Hall–Kier alpha value is -1.13. The number of alkyl halides is 8. The van der Waals surface area contributed by atoms with Gasteiger partial charge in [-0.2, -0.15) is 26.3 Å². The fraction of sp³-hybridized carbons (Fsp3) is 0.917. The minimum atomic E-state index is -6.33. The molecule has 1 atom stereocenters. The normalized spacial score (nSPS) is 19.7. The molecule has 1 saturated heterocycles. The molecule has 0 aromatic carbocycles. The average Bonchev–Trinajstić information content (AvgIpc) is 2.44. The van der Waals surface area contributed by atoms with E-state index in [4.69, 9.17) is 0 Å². The van der Waals surface area contributed by atoms with Crippen LogP contribution in [0.5, 0.6) is 0 Å². The van der Waals surface area contributed by atoms with E-state index in [1.165, 1.54) is 5.32 Å². The van der Waals surface area contributed by atoms with E-state index in [1.54, 1.807) is 0 Å². The van der Waals surface area contributed by atoms with E-state index in [0.717, 1.165) is 6.92 Å². The maximum absolute atomic E-state index is 14.1. The molecule has 1 amide bonds. The van der Waals surface area contributed by atoms with Gasteiger partial charge in [0.2, 0.25) is 12.1 Å². The van der Waals surface area contributed by atoms with Crippen molar-refractivity contribution in [2.45, 2.75) is 56.5 Å². The second kappa shape index (κ2) is 6.78. The van der Waals surface area contributed by atoms with Gasteiger partial charge in [-0.1, -0.05) is 0 Å². The Morgan fingerprint density at radius 2 is 1.43 bits per heavy atom. The summed E-state index contributed by atoms with van der Waals surface area (Å²) < 4.78 is 105. The van der Waals surface area contributed by atoms with E-state index in [9.17, 15) is 39.9 Å². The zero-order chi connectivity index (χ0) is 18.1. The lowest BCUT2D eigenvalue weighted by atomic mass is 9.99. The van der Waals surface area contributed by atoms with Crippen LogP contribution in [0.25, 0.3) is 0 Å². The van der Waals surface area contributed by atoms with Gasteiger partial charge in [-0.25, -0.2) is 8.78 Å². The van der Waals surface area contributed by atoms with E-state index in [2.05, 4.69) is 0 Å². The van der Waals surface area contributed by atoms with Gasteiger partial charge in [0.05, 0.1) is 13.1 Å². The molecule has 0 aromatic rings. The van der Waals surface area contributed by atoms with Crippen molar-refractivity contribution in [3.8, 4) is 0 Å². The summed E-state index contributed by atoms with van der Waals surface area (Å²) in [4.78, 5) is 10.8. The molecule has 23 heavy (non-hydrogen) atoms. The lowest BCUT2D eigenvalue weighted by Crippen LogP contribution is -3.21. The molecule has 0 saturated carbocycles. The van der Waals surface area contributed by atoms with Gasteiger partial charge in [0.25, 0.3) is 0 Å². The van der Waals surface area contributed by atoms with E-state index in [1.807, 2.05) is 0 Å². The molecular weight excluding hydrogens is 340 g/mol. The molecule has 136 valence electrons. The third kappa shape index (κ3) is 3.69. The number of rotatable bonds is 6. The summed E-state index contributed by atoms with van der Waals surface area (Å²) in [7, 11) is 0. The Labute approximate surface area is 127 Å². The molecule has 0 unspecified atom stereocenters. The first-order chi connectivity index (χ1) is 10.4. The van der Waals surface area contributed by atoms with Gasteiger partial charge in [-0.3, -0.25) is 4.79 Å². The van der Waals surface area contributed by atoms with Crippen LogP contribution in [0.1, 0.15) is 26.2 Å². The van der Waals surface area contributed by atoms with E-state index in [-0.39, 0.29) is 18.0 Å². The number of likely N-dealkylation sites (tertiary alicyclic amines) is 1. The van der Waals surface area contributed by atoms with Gasteiger partial charge in [0.1, 0.15) is 0 Å². The van der Waals surface area contributed by atoms with Crippen LogP contribution < -0.4 is 10.2 Å². The molecular formula is C12H17F8N2O+. The highest BCUT2D eigenvalue weighted by Crippen LogP contribution is 2.49. The lowest BCUT2D eigenvalue weighted by Gasteiger charge is -2.40. The predicted molar refractivity (Wildman–Crippen MR) is 63.0 cm³/mol. The van der Waals surface area contributed by atoms with Crippen LogP contribution in [0.15, 0.2) is 0 Å². The maximum atomic E-state index is 14.1. The van der Waals surface area contributed by atoms with Gasteiger partial charge in [-0.05, 0) is 19.3 Å². The summed E-state index contributed by atoms with van der Waals surface area (Å²) in [5.41, 5.74) is 0. The number of carbonyl (C=O) groups is 1. The Kier molecular flexibility index (Phi) is 5.87. The van der Waals surface area contributed by atoms with Gasteiger partial charge < -0.3 is 10.2 Å². The summed E-state index contributed by atoms with van der Waals surface area (Å²) in [6, 6.07) is 0. The summed E-state index contributed by atoms with van der Waals surface area (Å²) in [5.74, 6) is -19.3. The molecule has 1 aliphatic heterocycles. The fourth-order valence-corrected chi connectivity index (χ4v) is 2.49. The van der Waals surface area contributed by atoms with Crippen molar-refractivity contribution in [2.75, 3.05) is 13.1 Å². The van der Waals surface area contributed by atoms with Crippen LogP contribution in [-0.2, 0) is 4.79 Å². The lowest BCUT2D eigenvalue weighted by molar-refractivity contribution is -0.943. The average molecular weight is 357 g/mol. The summed E-state index contributed by atoms with van der Waals surface area (Å²) >= 11 is 0. The third-order valence-electron chi connectivity index (χ3n) is 3.73. The largest absolute Gasteiger partial charge is 0.386 e. The highest BCUT2D eigenvalue weighted by atomic mass is 19.4. The fourth-order valence-electron chi connectivity index (χ4n) is 2.49. The molecule has 11 heteroatoms. The number of quaternary nitrogens is 1. The Balaban J connectivity index is 3.22. The van der Waals surface area contributed by atoms with Crippen molar-refractivity contribution in [1.82, 2.24) is 5.32 Å². The second-order valence-electron chi connectivity index (χ2n) is 5.47. The number of piperidine rings is 1. The second-order valence-corrected chi connectivity index (χ2v) is 5.47. The molecule has 0 aliphatic carbocycles. The minimum absolute atomic E-state index is 0.0726. The number of hydrogen-bond donors (Lipinski definition) is 2. The molecule has 1 fully saturated rings. The molecule has 2 N–H and O–H groups in total. The molecule has 0 bridgehead atoms. The van der Waals surface area contributed by atoms with Crippen LogP contribution in [-0.4, -0.2) is 49.4 Å². The quantitative estimate of drug-likeness (QED) is 0.697. The van der Waals surface area contributed by atoms with E-state index >= 15 is 0 Å². The zero-order valence-electron chi connectivity index (χ0n) is 12.1. The Morgan fingerprint density at radius 1 is 0.957 bits per heavy atom. The number of halogens is 8. The predicted octanol–water partition coefficient (Wildman–Crippen LogP) is 1.69. The summed E-state index contributed by atoms with van der Waals surface area (Å²) in [6.07, 6.45) is -6.35. The van der Waals surface area contributed by atoms with Gasteiger partial charge >= 0.3 is 24.2 Å². The van der Waals surface area contributed by atoms with E-state index in [0.29, 0.717) is 19.3 Å². The number of amides is 1. The van der Waals surface area contributed by atoms with Crippen molar-refractivity contribution >= 4 is 5.91 Å². The first-order valence-electron chi connectivity index (χ1n) is 6.89. The molecule has 0 aromatic heterocycles. The smallest absolute Gasteiger partial charge is 0.310 e. The summed E-state index contributed by atoms with van der Waals surface area (Å²) in [6.45, 7) is 0.601. The standard InChI is InChI=1S/C12H16F8N2O/c1-7(23)21-9(22-5-3-2-4-6-22)11(17,18)12(19,20)10(15,16)8(13)14/h8-9H,2-6H2,1H3,(H,21,23)/p+1/t9-/m0/s1. The van der Waals surface area contributed by atoms with Gasteiger partial charge in [0.15, 0.2) is 0 Å². The van der Waals surface area contributed by atoms with Crippen LogP contribution in [0.4, 0.5) is 35.1 Å². The highest BCUT2D eigenvalue weighted by molar-refractivity contribution is 5.73. The number of carbonyl (C=O) groups excluding carboxylic acids is 1. The monoisotopic (exact) mass is 357 g/mol. The van der Waals surface area contributed by atoms with E-state index < -0.39 is 36.3 Å². The minimum Gasteiger partial charge on any atom is -0.310 e. The Morgan fingerprint density at radius 3 is 1.83 bits per heavy atom. The molecule has 0 radical (unpaired) electrons. The first-order valence-corrected chi connectivity index (χ1v) is 6.89. The van der Waals surface area contributed by atoms with Crippen LogP contribution in [0.2, 0.25) is 0 Å².